The lowest BCUT2D eigenvalue weighted by atomic mass is 10.2. The van der Waals surface area contributed by atoms with E-state index in [4.69, 9.17) is 9.47 Å². The van der Waals surface area contributed by atoms with E-state index in [1.54, 1.807) is 18.4 Å². The molecule has 0 N–H and O–H groups in total. The van der Waals surface area contributed by atoms with Gasteiger partial charge in [0.25, 0.3) is 0 Å². The molecule has 0 aliphatic carbocycles. The van der Waals surface area contributed by atoms with E-state index in [2.05, 4.69) is 44.0 Å². The second-order valence-electron chi connectivity index (χ2n) is 3.71. The largest absolute Gasteiger partial charge is 0.468 e. The maximum absolute atomic E-state index is 5.36. The molecule has 1 aromatic carbocycles. The van der Waals surface area contributed by atoms with Gasteiger partial charge >= 0.3 is 0 Å². The Bertz CT molecular complexity index is 557. The van der Waals surface area contributed by atoms with Gasteiger partial charge in [-0.05, 0) is 79.9 Å². The summed E-state index contributed by atoms with van der Waals surface area (Å²) in [6.45, 7) is 0.270. The van der Waals surface area contributed by atoms with Crippen molar-refractivity contribution in [3.05, 3.63) is 44.7 Å². The van der Waals surface area contributed by atoms with Crippen molar-refractivity contribution >= 4 is 49.3 Å². The third kappa shape index (κ3) is 4.45. The van der Waals surface area contributed by atoms with Gasteiger partial charge in [0.2, 0.25) is 0 Å². The Morgan fingerprint density at radius 3 is 2.53 bits per heavy atom. The van der Waals surface area contributed by atoms with Crippen molar-refractivity contribution in [2.45, 2.75) is 0 Å². The van der Waals surface area contributed by atoms with Gasteiger partial charge in [-0.2, -0.15) is 0 Å². The molecule has 0 amide bonds. The van der Waals surface area contributed by atoms with Crippen LogP contribution in [0, 0.1) is 0 Å². The molecule has 0 saturated carbocycles. The third-order valence-electron chi connectivity index (χ3n) is 2.36. The lowest BCUT2D eigenvalue weighted by Crippen LogP contribution is -1.98. The Kier molecular flexibility index (Phi) is 5.63. The first-order valence-electron chi connectivity index (χ1n) is 5.54. The molecule has 0 aliphatic rings. The summed E-state index contributed by atoms with van der Waals surface area (Å²) in [4.78, 5) is 2.42. The lowest BCUT2D eigenvalue weighted by Gasteiger charge is -2.04. The lowest BCUT2D eigenvalue weighted by molar-refractivity contribution is 0.0511. The summed E-state index contributed by atoms with van der Waals surface area (Å²) in [6, 6.07) is 12.2. The molecule has 0 saturated heterocycles. The molecule has 1 heterocycles. The van der Waals surface area contributed by atoms with Crippen LogP contribution < -0.4 is 4.74 Å². The van der Waals surface area contributed by atoms with E-state index in [9.17, 15) is 0 Å². The van der Waals surface area contributed by atoms with E-state index in [0.29, 0.717) is 0 Å². The molecule has 0 fully saturated rings. The molecular weight excluding hydrogens is 392 g/mol. The fourth-order valence-corrected chi connectivity index (χ4v) is 3.29. The average molecular weight is 404 g/mol. The highest BCUT2D eigenvalue weighted by Crippen LogP contribution is 2.31. The third-order valence-corrected chi connectivity index (χ3v) is 3.90. The first kappa shape index (κ1) is 14.8. The predicted octanol–water partition coefficient (Wildman–Crippen LogP) is 5.49. The molecule has 2 nitrogen and oxygen atoms in total. The highest BCUT2D eigenvalue weighted by atomic mass is 79.9. The van der Waals surface area contributed by atoms with Gasteiger partial charge in [0.1, 0.15) is 5.75 Å². The molecule has 0 bridgehead atoms. The molecule has 0 aliphatic heterocycles. The first-order chi connectivity index (χ1) is 9.19. The van der Waals surface area contributed by atoms with Crippen LogP contribution in [0.3, 0.4) is 0 Å². The molecule has 19 heavy (non-hydrogen) atoms. The Morgan fingerprint density at radius 1 is 1.16 bits per heavy atom. The van der Waals surface area contributed by atoms with Crippen molar-refractivity contribution in [1.82, 2.24) is 0 Å². The van der Waals surface area contributed by atoms with Crippen molar-refractivity contribution in [3.8, 4) is 16.2 Å². The number of halogens is 2. The van der Waals surface area contributed by atoms with Crippen molar-refractivity contribution in [2.24, 2.45) is 0 Å². The molecule has 100 valence electrons. The molecule has 0 unspecified atom stereocenters. The van der Waals surface area contributed by atoms with E-state index < -0.39 is 0 Å². The zero-order chi connectivity index (χ0) is 13.7. The number of hydrogen-bond donors (Lipinski definition) is 0. The fourth-order valence-electron chi connectivity index (χ4n) is 1.54. The van der Waals surface area contributed by atoms with Crippen molar-refractivity contribution in [1.29, 1.82) is 0 Å². The minimum Gasteiger partial charge on any atom is -0.468 e. The summed E-state index contributed by atoms with van der Waals surface area (Å²) >= 11 is 8.47. The Hall–Kier alpha value is -0.620. The van der Waals surface area contributed by atoms with Gasteiger partial charge in [-0.15, -0.1) is 11.3 Å². The monoisotopic (exact) mass is 402 g/mol. The van der Waals surface area contributed by atoms with Crippen LogP contribution in [0.15, 0.2) is 39.8 Å². The molecular formula is C14H12Br2O2S. The number of ether oxygens (including phenoxy) is 2. The van der Waals surface area contributed by atoms with Crippen molar-refractivity contribution < 1.29 is 9.47 Å². The standard InChI is InChI=1S/C14H12Br2O2S/c1-17-9-18-11-4-2-10(3-5-11)13-7-6-12(19-13)8-14(15)16/h2-8H,9H2,1H3. The zero-order valence-electron chi connectivity index (χ0n) is 10.2. The fraction of sp³-hybridized carbons (Fsp3) is 0.143. The summed E-state index contributed by atoms with van der Waals surface area (Å²) in [6.07, 6.45) is 2.03. The minimum absolute atomic E-state index is 0.270. The summed E-state index contributed by atoms with van der Waals surface area (Å²) in [5.74, 6) is 0.811. The summed E-state index contributed by atoms with van der Waals surface area (Å²) in [5, 5.41) is 0. The van der Waals surface area contributed by atoms with Crippen molar-refractivity contribution in [3.63, 3.8) is 0 Å². The van der Waals surface area contributed by atoms with Crippen LogP contribution in [-0.2, 0) is 4.74 Å². The van der Waals surface area contributed by atoms with Crippen LogP contribution in [0.1, 0.15) is 4.88 Å². The van der Waals surface area contributed by atoms with Gasteiger partial charge in [0.05, 0.1) is 3.39 Å². The quantitative estimate of drug-likeness (QED) is 0.614. The second kappa shape index (κ2) is 7.24. The maximum atomic E-state index is 5.36. The molecule has 0 spiro atoms. The molecule has 5 heteroatoms. The van der Waals surface area contributed by atoms with Crippen LogP contribution in [0.25, 0.3) is 16.5 Å². The van der Waals surface area contributed by atoms with Gasteiger partial charge in [-0.3, -0.25) is 0 Å². The number of thiophene rings is 1. The number of rotatable bonds is 5. The second-order valence-corrected chi connectivity index (χ2v) is 7.60. The van der Waals surface area contributed by atoms with Crippen LogP contribution in [-0.4, -0.2) is 13.9 Å². The van der Waals surface area contributed by atoms with Gasteiger partial charge in [0, 0.05) is 16.9 Å². The molecule has 2 rings (SSSR count). The van der Waals surface area contributed by atoms with E-state index in [1.165, 1.54) is 15.3 Å². The first-order valence-corrected chi connectivity index (χ1v) is 7.94. The van der Waals surface area contributed by atoms with Gasteiger partial charge in [-0.25, -0.2) is 0 Å². The summed E-state index contributed by atoms with van der Waals surface area (Å²) in [5.41, 5.74) is 1.18. The Balaban J connectivity index is 2.13. The molecule has 1 aromatic heterocycles. The Labute approximate surface area is 133 Å². The van der Waals surface area contributed by atoms with E-state index in [1.807, 2.05) is 30.3 Å². The number of hydrogen-bond acceptors (Lipinski definition) is 3. The van der Waals surface area contributed by atoms with Gasteiger partial charge < -0.3 is 9.47 Å². The molecule has 0 atom stereocenters. The predicted molar refractivity (Wildman–Crippen MR) is 88.1 cm³/mol. The maximum Gasteiger partial charge on any atom is 0.188 e. The van der Waals surface area contributed by atoms with Crippen LogP contribution in [0.5, 0.6) is 5.75 Å². The van der Waals surface area contributed by atoms with E-state index >= 15 is 0 Å². The number of methoxy groups -OCH3 is 1. The average Bonchev–Trinajstić information content (AvgIpc) is 2.84. The smallest absolute Gasteiger partial charge is 0.188 e. The zero-order valence-corrected chi connectivity index (χ0v) is 14.2. The highest BCUT2D eigenvalue weighted by Gasteiger charge is 2.02. The topological polar surface area (TPSA) is 18.5 Å². The number of benzene rings is 1. The normalized spacial score (nSPS) is 10.3. The van der Waals surface area contributed by atoms with Crippen LogP contribution >= 0.6 is 43.2 Å². The van der Waals surface area contributed by atoms with Crippen LogP contribution in [0.2, 0.25) is 0 Å². The van der Waals surface area contributed by atoms with E-state index in [-0.39, 0.29) is 6.79 Å². The highest BCUT2D eigenvalue weighted by molar-refractivity contribution is 9.28. The van der Waals surface area contributed by atoms with Crippen LogP contribution in [0.4, 0.5) is 0 Å². The summed E-state index contributed by atoms with van der Waals surface area (Å²) in [7, 11) is 1.61. The minimum atomic E-state index is 0.270. The molecule has 2 aromatic rings. The molecule has 0 radical (unpaired) electrons. The van der Waals surface area contributed by atoms with Crippen molar-refractivity contribution in [2.75, 3.05) is 13.9 Å². The summed E-state index contributed by atoms with van der Waals surface area (Å²) < 4.78 is 11.2. The van der Waals surface area contributed by atoms with Gasteiger partial charge in [0.15, 0.2) is 6.79 Å². The SMILES string of the molecule is COCOc1ccc(-c2ccc(C=C(Br)Br)s2)cc1. The van der Waals surface area contributed by atoms with Gasteiger partial charge in [-0.1, -0.05) is 0 Å². The Morgan fingerprint density at radius 2 is 1.89 bits per heavy atom. The van der Waals surface area contributed by atoms with E-state index in [0.717, 1.165) is 9.14 Å².